The largest absolute Gasteiger partial charge is 0.347 e. The minimum atomic E-state index is -0.309. The maximum absolute atomic E-state index is 6.04. The summed E-state index contributed by atoms with van der Waals surface area (Å²) >= 11 is 0. The van der Waals surface area contributed by atoms with E-state index in [4.69, 9.17) is 9.47 Å². The van der Waals surface area contributed by atoms with Crippen LogP contribution in [0.1, 0.15) is 46.0 Å². The van der Waals surface area contributed by atoms with Crippen molar-refractivity contribution in [1.82, 2.24) is 0 Å². The van der Waals surface area contributed by atoms with E-state index in [1.165, 1.54) is 24.8 Å². The van der Waals surface area contributed by atoms with Crippen molar-refractivity contribution in [2.45, 2.75) is 51.7 Å². The summed E-state index contributed by atoms with van der Waals surface area (Å²) in [6, 6.07) is 0. The lowest BCUT2D eigenvalue weighted by Gasteiger charge is -2.51. The average molecular weight is 234 g/mol. The van der Waals surface area contributed by atoms with Gasteiger partial charge in [-0.15, -0.1) is 0 Å². The zero-order chi connectivity index (χ0) is 11.9. The minimum absolute atomic E-state index is 0.105. The van der Waals surface area contributed by atoms with Gasteiger partial charge in [0, 0.05) is 11.8 Å². The van der Waals surface area contributed by atoms with Gasteiger partial charge in [0.25, 0.3) is 0 Å². The van der Waals surface area contributed by atoms with Crippen LogP contribution in [-0.4, -0.2) is 19.0 Å². The van der Waals surface area contributed by atoms with E-state index in [-0.39, 0.29) is 11.2 Å². The van der Waals surface area contributed by atoms with Crippen LogP contribution in [0.15, 0.2) is 23.3 Å². The standard InChI is InChI=1S/C15H22O2/c1-3-12-6-8-14(2)13(11-12)5-4-7-15(14)16-9-10-17-15/h3,11H,4-10H2,1-2H3/t14-/m0/s1. The van der Waals surface area contributed by atoms with Gasteiger partial charge in [0.2, 0.25) is 0 Å². The molecule has 2 fully saturated rings. The molecule has 0 aromatic rings. The molecule has 0 radical (unpaired) electrons. The Morgan fingerprint density at radius 3 is 2.65 bits per heavy atom. The van der Waals surface area contributed by atoms with E-state index in [0.717, 1.165) is 26.1 Å². The molecule has 0 aromatic heterocycles. The lowest BCUT2D eigenvalue weighted by molar-refractivity contribution is -0.236. The molecule has 1 spiro atoms. The molecule has 1 heterocycles. The summed E-state index contributed by atoms with van der Waals surface area (Å²) in [5.74, 6) is -0.309. The Kier molecular flexibility index (Phi) is 2.68. The Morgan fingerprint density at radius 1 is 1.18 bits per heavy atom. The molecule has 17 heavy (non-hydrogen) atoms. The highest BCUT2D eigenvalue weighted by Crippen LogP contribution is 2.56. The van der Waals surface area contributed by atoms with E-state index in [1.54, 1.807) is 5.57 Å². The van der Waals surface area contributed by atoms with Crippen LogP contribution < -0.4 is 0 Å². The number of hydrogen-bond acceptors (Lipinski definition) is 2. The quantitative estimate of drug-likeness (QED) is 0.637. The SMILES string of the molecule is CC=C1C=C2CCCC3(OCCO3)[C@@]2(C)CC1. The summed E-state index contributed by atoms with van der Waals surface area (Å²) in [5.41, 5.74) is 3.13. The second-order valence-corrected chi connectivity index (χ2v) is 5.67. The maximum Gasteiger partial charge on any atom is 0.177 e. The Bertz CT molecular complexity index is 374. The summed E-state index contributed by atoms with van der Waals surface area (Å²) in [6.07, 6.45) is 10.4. The van der Waals surface area contributed by atoms with E-state index >= 15 is 0 Å². The highest BCUT2D eigenvalue weighted by Gasteiger charge is 2.56. The Morgan fingerprint density at radius 2 is 1.94 bits per heavy atom. The number of hydrogen-bond donors (Lipinski definition) is 0. The van der Waals surface area contributed by atoms with Crippen molar-refractivity contribution < 1.29 is 9.47 Å². The first-order valence-corrected chi connectivity index (χ1v) is 6.84. The molecule has 2 aliphatic carbocycles. The lowest BCUT2D eigenvalue weighted by Crippen LogP contribution is -2.52. The first-order chi connectivity index (χ1) is 8.20. The fourth-order valence-electron chi connectivity index (χ4n) is 3.73. The predicted octanol–water partition coefficient (Wildman–Crippen LogP) is 3.59. The third-order valence-corrected chi connectivity index (χ3v) is 4.90. The molecule has 1 aliphatic heterocycles. The number of fused-ring (bicyclic) bond motifs is 2. The lowest BCUT2D eigenvalue weighted by atomic mass is 9.61. The van der Waals surface area contributed by atoms with Gasteiger partial charge >= 0.3 is 0 Å². The van der Waals surface area contributed by atoms with Gasteiger partial charge in [-0.3, -0.25) is 0 Å². The second-order valence-electron chi connectivity index (χ2n) is 5.67. The van der Waals surface area contributed by atoms with Crippen LogP contribution in [0.4, 0.5) is 0 Å². The van der Waals surface area contributed by atoms with Crippen LogP contribution in [0.5, 0.6) is 0 Å². The predicted molar refractivity (Wildman–Crippen MR) is 67.7 cm³/mol. The van der Waals surface area contributed by atoms with Crippen molar-refractivity contribution in [1.29, 1.82) is 0 Å². The van der Waals surface area contributed by atoms with Crippen molar-refractivity contribution in [3.05, 3.63) is 23.3 Å². The molecule has 1 saturated heterocycles. The van der Waals surface area contributed by atoms with Crippen LogP contribution in [0.25, 0.3) is 0 Å². The zero-order valence-electron chi connectivity index (χ0n) is 10.9. The van der Waals surface area contributed by atoms with Gasteiger partial charge in [0.05, 0.1) is 13.2 Å². The van der Waals surface area contributed by atoms with Crippen molar-refractivity contribution in [2.75, 3.05) is 13.2 Å². The first-order valence-electron chi connectivity index (χ1n) is 6.84. The fourth-order valence-corrected chi connectivity index (χ4v) is 3.73. The first kappa shape index (κ1) is 11.5. The van der Waals surface area contributed by atoms with Crippen LogP contribution in [0.3, 0.4) is 0 Å². The van der Waals surface area contributed by atoms with Crippen molar-refractivity contribution in [3.63, 3.8) is 0 Å². The highest BCUT2D eigenvalue weighted by atomic mass is 16.7. The second kappa shape index (κ2) is 3.96. The molecular weight excluding hydrogens is 212 g/mol. The van der Waals surface area contributed by atoms with E-state index in [2.05, 4.69) is 26.0 Å². The van der Waals surface area contributed by atoms with Gasteiger partial charge in [-0.1, -0.05) is 30.2 Å². The van der Waals surface area contributed by atoms with E-state index in [0.29, 0.717) is 0 Å². The van der Waals surface area contributed by atoms with Gasteiger partial charge in [-0.05, 0) is 32.6 Å². The number of allylic oxidation sites excluding steroid dienone is 3. The van der Waals surface area contributed by atoms with Crippen LogP contribution in [0, 0.1) is 5.41 Å². The van der Waals surface area contributed by atoms with Gasteiger partial charge in [-0.2, -0.15) is 0 Å². The molecule has 3 rings (SSSR count). The molecule has 3 aliphatic rings. The molecular formula is C15H22O2. The van der Waals surface area contributed by atoms with Crippen LogP contribution in [-0.2, 0) is 9.47 Å². The summed E-state index contributed by atoms with van der Waals surface area (Å²) < 4.78 is 12.1. The normalized spacial score (nSPS) is 38.2. The van der Waals surface area contributed by atoms with Gasteiger partial charge in [0.1, 0.15) is 0 Å². The van der Waals surface area contributed by atoms with E-state index in [9.17, 15) is 0 Å². The maximum atomic E-state index is 6.04. The third kappa shape index (κ3) is 1.54. The molecule has 2 heteroatoms. The molecule has 0 unspecified atom stereocenters. The van der Waals surface area contributed by atoms with Gasteiger partial charge in [0.15, 0.2) is 5.79 Å². The Hall–Kier alpha value is -0.600. The molecule has 0 amide bonds. The summed E-state index contributed by atoms with van der Waals surface area (Å²) in [5, 5.41) is 0. The van der Waals surface area contributed by atoms with Crippen LogP contribution >= 0.6 is 0 Å². The van der Waals surface area contributed by atoms with Crippen molar-refractivity contribution in [3.8, 4) is 0 Å². The Balaban J connectivity index is 2.01. The molecule has 2 nitrogen and oxygen atoms in total. The van der Waals surface area contributed by atoms with Crippen molar-refractivity contribution >= 4 is 0 Å². The molecule has 1 saturated carbocycles. The summed E-state index contributed by atoms with van der Waals surface area (Å²) in [4.78, 5) is 0. The average Bonchev–Trinajstić information content (AvgIpc) is 2.81. The van der Waals surface area contributed by atoms with Crippen molar-refractivity contribution in [2.24, 2.45) is 5.41 Å². The van der Waals surface area contributed by atoms with E-state index < -0.39 is 0 Å². The summed E-state index contributed by atoms with van der Waals surface area (Å²) in [7, 11) is 0. The minimum Gasteiger partial charge on any atom is -0.347 e. The topological polar surface area (TPSA) is 18.5 Å². The van der Waals surface area contributed by atoms with E-state index in [1.807, 2.05) is 0 Å². The molecule has 94 valence electrons. The summed E-state index contributed by atoms with van der Waals surface area (Å²) in [6.45, 7) is 6.00. The van der Waals surface area contributed by atoms with Crippen LogP contribution in [0.2, 0.25) is 0 Å². The number of rotatable bonds is 0. The Labute approximate surface area is 104 Å². The van der Waals surface area contributed by atoms with Gasteiger partial charge in [-0.25, -0.2) is 0 Å². The third-order valence-electron chi connectivity index (χ3n) is 4.90. The van der Waals surface area contributed by atoms with Gasteiger partial charge < -0.3 is 9.47 Å². The smallest absolute Gasteiger partial charge is 0.177 e. The molecule has 0 N–H and O–H groups in total. The zero-order valence-corrected chi connectivity index (χ0v) is 10.9. The number of ether oxygens (including phenoxy) is 2. The molecule has 1 atom stereocenters. The highest BCUT2D eigenvalue weighted by molar-refractivity contribution is 5.35. The fraction of sp³-hybridized carbons (Fsp3) is 0.733. The molecule has 0 bridgehead atoms. The monoisotopic (exact) mass is 234 g/mol. The molecule has 0 aromatic carbocycles.